The number of hydrogen-bond acceptors (Lipinski definition) is 4. The third-order valence-electron chi connectivity index (χ3n) is 7.21. The third-order valence-corrected chi connectivity index (χ3v) is 7.21. The molecular weight excluding hydrogens is 491 g/mol. The SMILES string of the molecule is Cc1nn(Cc2ccccc2)c(C)c1CCCC(=O)c1cc2n(n1)C(C(F)(F)F)CC(c1ccccc1)N2. The molecule has 3 heterocycles. The van der Waals surface area contributed by atoms with E-state index >= 15 is 0 Å². The zero-order chi connectivity index (χ0) is 26.9. The van der Waals surface area contributed by atoms with Gasteiger partial charge in [-0.3, -0.25) is 9.48 Å². The van der Waals surface area contributed by atoms with E-state index in [1.165, 1.54) is 6.07 Å². The topological polar surface area (TPSA) is 64.7 Å². The number of nitrogens with zero attached hydrogens (tertiary/aromatic N) is 4. The quantitative estimate of drug-likeness (QED) is 0.265. The van der Waals surface area contributed by atoms with Gasteiger partial charge in [0.2, 0.25) is 0 Å². The first-order valence-electron chi connectivity index (χ1n) is 12.8. The summed E-state index contributed by atoms with van der Waals surface area (Å²) in [6.07, 6.45) is -3.27. The predicted octanol–water partition coefficient (Wildman–Crippen LogP) is 6.61. The van der Waals surface area contributed by atoms with Crippen LogP contribution in [0.4, 0.5) is 19.0 Å². The second-order valence-electron chi connectivity index (χ2n) is 9.83. The van der Waals surface area contributed by atoms with Crippen LogP contribution in [0.2, 0.25) is 0 Å². The fraction of sp³-hybridized carbons (Fsp3) is 0.345. The summed E-state index contributed by atoms with van der Waals surface area (Å²) in [5, 5.41) is 11.9. The van der Waals surface area contributed by atoms with Gasteiger partial charge in [-0.05, 0) is 43.4 Å². The number of alkyl halides is 3. The zero-order valence-electron chi connectivity index (χ0n) is 21.4. The molecule has 0 bridgehead atoms. The molecule has 9 heteroatoms. The number of aryl methyl sites for hydroxylation is 1. The van der Waals surface area contributed by atoms with Crippen molar-refractivity contribution < 1.29 is 18.0 Å². The molecule has 38 heavy (non-hydrogen) atoms. The third kappa shape index (κ3) is 5.37. The lowest BCUT2D eigenvalue weighted by atomic mass is 9.97. The number of halogens is 3. The second kappa shape index (κ2) is 10.5. The molecule has 1 N–H and O–H groups in total. The molecule has 5 rings (SSSR count). The van der Waals surface area contributed by atoms with Gasteiger partial charge < -0.3 is 5.32 Å². The van der Waals surface area contributed by atoms with Crippen LogP contribution >= 0.6 is 0 Å². The summed E-state index contributed by atoms with van der Waals surface area (Å²) < 4.78 is 44.7. The van der Waals surface area contributed by atoms with E-state index in [-0.39, 0.29) is 30.1 Å². The molecule has 1 aliphatic rings. The summed E-state index contributed by atoms with van der Waals surface area (Å²) in [6.45, 7) is 4.65. The van der Waals surface area contributed by atoms with Gasteiger partial charge in [-0.15, -0.1) is 0 Å². The van der Waals surface area contributed by atoms with Crippen LogP contribution in [-0.4, -0.2) is 31.5 Å². The molecule has 2 aromatic carbocycles. The Labute approximate surface area is 219 Å². The summed E-state index contributed by atoms with van der Waals surface area (Å²) in [5.41, 5.74) is 5.06. The van der Waals surface area contributed by atoms with Gasteiger partial charge in [-0.25, -0.2) is 4.68 Å². The number of benzene rings is 2. The minimum atomic E-state index is -4.48. The smallest absolute Gasteiger partial charge is 0.363 e. The van der Waals surface area contributed by atoms with Gasteiger partial charge in [-0.1, -0.05) is 60.7 Å². The fourth-order valence-electron chi connectivity index (χ4n) is 5.17. The monoisotopic (exact) mass is 521 g/mol. The number of Topliss-reactive ketones (excluding diaryl/α,β-unsaturated/α-hetero) is 1. The van der Waals surface area contributed by atoms with Crippen LogP contribution in [0.5, 0.6) is 0 Å². The molecule has 0 radical (unpaired) electrons. The molecule has 0 amide bonds. The van der Waals surface area contributed by atoms with E-state index in [2.05, 4.69) is 27.6 Å². The van der Waals surface area contributed by atoms with Crippen molar-refractivity contribution in [3.63, 3.8) is 0 Å². The molecule has 0 aliphatic carbocycles. The van der Waals surface area contributed by atoms with E-state index in [0.717, 1.165) is 32.8 Å². The van der Waals surface area contributed by atoms with E-state index in [4.69, 9.17) is 0 Å². The molecule has 0 spiro atoms. The van der Waals surface area contributed by atoms with Crippen molar-refractivity contribution in [1.29, 1.82) is 0 Å². The predicted molar refractivity (Wildman–Crippen MR) is 139 cm³/mol. The molecular formula is C29H30F3N5O. The summed E-state index contributed by atoms with van der Waals surface area (Å²) in [5.74, 6) is -0.0532. The maximum absolute atomic E-state index is 13.9. The maximum Gasteiger partial charge on any atom is 0.410 e. The van der Waals surface area contributed by atoms with E-state index in [0.29, 0.717) is 19.4 Å². The van der Waals surface area contributed by atoms with Gasteiger partial charge >= 0.3 is 6.18 Å². The van der Waals surface area contributed by atoms with Gasteiger partial charge in [-0.2, -0.15) is 23.4 Å². The molecule has 6 nitrogen and oxygen atoms in total. The van der Waals surface area contributed by atoms with E-state index in [1.807, 2.05) is 42.8 Å². The number of ketones is 1. The largest absolute Gasteiger partial charge is 0.410 e. The lowest BCUT2D eigenvalue weighted by Gasteiger charge is -2.33. The van der Waals surface area contributed by atoms with Crippen molar-refractivity contribution in [1.82, 2.24) is 19.6 Å². The first-order valence-corrected chi connectivity index (χ1v) is 12.8. The summed E-state index contributed by atoms with van der Waals surface area (Å²) in [6, 6.07) is 18.2. The number of fused-ring (bicyclic) bond motifs is 1. The van der Waals surface area contributed by atoms with Crippen molar-refractivity contribution in [3.05, 3.63) is 101 Å². The molecule has 2 aromatic heterocycles. The lowest BCUT2D eigenvalue weighted by molar-refractivity contribution is -0.173. The van der Waals surface area contributed by atoms with Crippen LogP contribution in [-0.2, 0) is 13.0 Å². The van der Waals surface area contributed by atoms with Gasteiger partial charge in [0, 0.05) is 24.6 Å². The summed E-state index contributed by atoms with van der Waals surface area (Å²) in [7, 11) is 0. The first kappa shape index (κ1) is 25.8. The zero-order valence-corrected chi connectivity index (χ0v) is 21.4. The highest BCUT2D eigenvalue weighted by Gasteiger charge is 2.46. The van der Waals surface area contributed by atoms with Gasteiger partial charge in [0.05, 0.1) is 18.3 Å². The first-order chi connectivity index (χ1) is 18.2. The van der Waals surface area contributed by atoms with Crippen LogP contribution in [0.1, 0.15) is 69.9 Å². The Bertz CT molecular complexity index is 1410. The lowest BCUT2D eigenvalue weighted by Crippen LogP contribution is -2.35. The van der Waals surface area contributed by atoms with Crippen molar-refractivity contribution >= 4 is 11.6 Å². The molecule has 0 saturated carbocycles. The molecule has 4 aromatic rings. The number of carbonyl (C=O) groups is 1. The van der Waals surface area contributed by atoms with Crippen LogP contribution in [0, 0.1) is 13.8 Å². The van der Waals surface area contributed by atoms with Crippen molar-refractivity contribution in [2.75, 3.05) is 5.32 Å². The molecule has 2 unspecified atom stereocenters. The highest BCUT2D eigenvalue weighted by Crippen LogP contribution is 2.43. The van der Waals surface area contributed by atoms with Crippen molar-refractivity contribution in [3.8, 4) is 0 Å². The Morgan fingerprint density at radius 3 is 2.39 bits per heavy atom. The Kier molecular flexibility index (Phi) is 7.10. The number of aromatic nitrogens is 4. The number of hydrogen-bond donors (Lipinski definition) is 1. The van der Waals surface area contributed by atoms with E-state index < -0.39 is 18.3 Å². The molecule has 0 saturated heterocycles. The number of rotatable bonds is 8. The molecule has 2 atom stereocenters. The van der Waals surface area contributed by atoms with Gasteiger partial charge in [0.25, 0.3) is 0 Å². The standard InChI is InChI=1S/C29H30F3N5O/c1-19-23(20(2)36(34-19)18-21-10-5-3-6-11-21)14-9-15-26(38)25-17-28-33-24(22-12-7-4-8-13-22)16-27(29(30,31)32)37(28)35-25/h3-8,10-13,17,24,27,33H,9,14-16,18H2,1-2H3. The Balaban J connectivity index is 1.27. The highest BCUT2D eigenvalue weighted by atomic mass is 19.4. The normalized spacial score (nSPS) is 17.2. The van der Waals surface area contributed by atoms with Crippen LogP contribution in [0.15, 0.2) is 66.7 Å². The van der Waals surface area contributed by atoms with Crippen LogP contribution < -0.4 is 5.32 Å². The summed E-state index contributed by atoms with van der Waals surface area (Å²) >= 11 is 0. The molecule has 198 valence electrons. The minimum Gasteiger partial charge on any atom is -0.363 e. The maximum atomic E-state index is 13.9. The van der Waals surface area contributed by atoms with Crippen LogP contribution in [0.25, 0.3) is 0 Å². The van der Waals surface area contributed by atoms with Gasteiger partial charge in [0.15, 0.2) is 11.8 Å². The number of anilines is 1. The van der Waals surface area contributed by atoms with Crippen molar-refractivity contribution in [2.45, 2.75) is 64.3 Å². The fourth-order valence-corrected chi connectivity index (χ4v) is 5.17. The van der Waals surface area contributed by atoms with Crippen LogP contribution in [0.3, 0.4) is 0 Å². The Morgan fingerprint density at radius 1 is 1.03 bits per heavy atom. The summed E-state index contributed by atoms with van der Waals surface area (Å²) in [4.78, 5) is 13.0. The molecule has 1 aliphatic heterocycles. The molecule has 0 fully saturated rings. The minimum absolute atomic E-state index is 0.0590. The second-order valence-corrected chi connectivity index (χ2v) is 9.83. The van der Waals surface area contributed by atoms with Gasteiger partial charge in [0.1, 0.15) is 11.5 Å². The van der Waals surface area contributed by atoms with Crippen molar-refractivity contribution in [2.24, 2.45) is 0 Å². The number of carbonyl (C=O) groups excluding carboxylic acids is 1. The van der Waals surface area contributed by atoms with E-state index in [1.54, 1.807) is 24.3 Å². The average Bonchev–Trinajstić information content (AvgIpc) is 3.45. The average molecular weight is 522 g/mol. The Hall–Kier alpha value is -3.88. The Morgan fingerprint density at radius 2 is 1.71 bits per heavy atom. The van der Waals surface area contributed by atoms with E-state index in [9.17, 15) is 18.0 Å². The highest BCUT2D eigenvalue weighted by molar-refractivity contribution is 5.95. The number of nitrogens with one attached hydrogen (secondary N) is 1.